The van der Waals surface area contributed by atoms with Gasteiger partial charge in [0.1, 0.15) is 5.69 Å². The molecule has 1 aromatic carbocycles. The van der Waals surface area contributed by atoms with Crippen LogP contribution < -0.4 is 0 Å². The molecule has 4 nitrogen and oxygen atoms in total. The van der Waals surface area contributed by atoms with E-state index in [1.165, 1.54) is 31.4 Å². The Balaban J connectivity index is 2.48. The summed E-state index contributed by atoms with van der Waals surface area (Å²) in [4.78, 5) is 11.2. The highest BCUT2D eigenvalue weighted by atomic mass is 19.4. The van der Waals surface area contributed by atoms with E-state index in [9.17, 15) is 18.0 Å². The van der Waals surface area contributed by atoms with Gasteiger partial charge in [0.15, 0.2) is 0 Å². The summed E-state index contributed by atoms with van der Waals surface area (Å²) in [5, 5.41) is 6.05. The van der Waals surface area contributed by atoms with Crippen LogP contribution >= 0.6 is 0 Å². The van der Waals surface area contributed by atoms with Crippen LogP contribution in [-0.4, -0.2) is 23.3 Å². The third-order valence-electron chi connectivity index (χ3n) is 2.49. The highest BCUT2D eigenvalue weighted by molar-refractivity contribution is 5.88. The fourth-order valence-electron chi connectivity index (χ4n) is 1.63. The Hall–Kier alpha value is -2.31. The molecular weight excluding hydrogens is 261 g/mol. The molecule has 0 aliphatic rings. The van der Waals surface area contributed by atoms with Crippen LogP contribution in [0, 0.1) is 0 Å². The monoisotopic (exact) mass is 270 g/mol. The van der Waals surface area contributed by atoms with Gasteiger partial charge in [0.2, 0.25) is 0 Å². The maximum atomic E-state index is 12.8. The molecule has 2 rings (SSSR count). The van der Waals surface area contributed by atoms with Crippen LogP contribution in [0.25, 0.3) is 11.3 Å². The zero-order valence-corrected chi connectivity index (χ0v) is 9.78. The number of carbonyl (C=O) groups excluding carboxylic acids is 1. The zero-order chi connectivity index (χ0) is 14.0. The second-order valence-corrected chi connectivity index (χ2v) is 3.70. The van der Waals surface area contributed by atoms with Crippen molar-refractivity contribution in [2.24, 2.45) is 0 Å². The molecule has 0 unspecified atom stereocenters. The van der Waals surface area contributed by atoms with Crippen LogP contribution in [0.4, 0.5) is 13.2 Å². The standard InChI is InChI=1S/C12H9F3N2O2/c1-19-11(18)10-6-9(16-17-10)7-4-2-3-5-8(7)12(13,14)15/h2-6H,1H3,(H,16,17). The topological polar surface area (TPSA) is 55.0 Å². The first-order valence-electron chi connectivity index (χ1n) is 5.24. The number of benzene rings is 1. The van der Waals surface area contributed by atoms with Crippen molar-refractivity contribution >= 4 is 5.97 Å². The first-order valence-corrected chi connectivity index (χ1v) is 5.24. The molecule has 19 heavy (non-hydrogen) atoms. The van der Waals surface area contributed by atoms with E-state index in [0.717, 1.165) is 6.07 Å². The molecule has 7 heteroatoms. The minimum Gasteiger partial charge on any atom is -0.464 e. The second-order valence-electron chi connectivity index (χ2n) is 3.70. The molecule has 0 bridgehead atoms. The first-order chi connectivity index (χ1) is 8.93. The number of hydrogen-bond acceptors (Lipinski definition) is 3. The third kappa shape index (κ3) is 2.59. The van der Waals surface area contributed by atoms with Gasteiger partial charge in [-0.05, 0) is 12.1 Å². The Morgan fingerprint density at radius 1 is 1.32 bits per heavy atom. The number of halogens is 3. The van der Waals surface area contributed by atoms with E-state index in [1.807, 2.05) is 0 Å². The van der Waals surface area contributed by atoms with E-state index in [0.29, 0.717) is 0 Å². The molecule has 0 saturated carbocycles. The molecule has 0 amide bonds. The van der Waals surface area contributed by atoms with Crippen molar-refractivity contribution < 1.29 is 22.7 Å². The smallest absolute Gasteiger partial charge is 0.417 e. The SMILES string of the molecule is COC(=O)c1cc(-c2ccccc2C(F)(F)F)n[nH]1. The van der Waals surface area contributed by atoms with E-state index in [-0.39, 0.29) is 17.0 Å². The number of alkyl halides is 3. The molecule has 0 fully saturated rings. The number of methoxy groups -OCH3 is 1. The molecule has 1 aromatic heterocycles. The first kappa shape index (κ1) is 13.1. The molecule has 0 saturated heterocycles. The average Bonchev–Trinajstić information content (AvgIpc) is 2.86. The van der Waals surface area contributed by atoms with E-state index in [4.69, 9.17) is 0 Å². The predicted octanol–water partition coefficient (Wildman–Crippen LogP) is 2.88. The van der Waals surface area contributed by atoms with Gasteiger partial charge in [-0.15, -0.1) is 0 Å². The number of nitrogens with zero attached hydrogens (tertiary/aromatic N) is 1. The zero-order valence-electron chi connectivity index (χ0n) is 9.78. The number of ether oxygens (including phenoxy) is 1. The fraction of sp³-hybridized carbons (Fsp3) is 0.167. The average molecular weight is 270 g/mol. The summed E-state index contributed by atoms with van der Waals surface area (Å²) in [7, 11) is 1.17. The van der Waals surface area contributed by atoms with Gasteiger partial charge in [0.25, 0.3) is 0 Å². The molecule has 100 valence electrons. The number of aromatic amines is 1. The third-order valence-corrected chi connectivity index (χ3v) is 2.49. The number of aromatic nitrogens is 2. The van der Waals surface area contributed by atoms with Gasteiger partial charge in [-0.1, -0.05) is 18.2 Å². The van der Waals surface area contributed by atoms with Gasteiger partial charge in [-0.3, -0.25) is 5.10 Å². The summed E-state index contributed by atoms with van der Waals surface area (Å²) >= 11 is 0. The summed E-state index contributed by atoms with van der Waals surface area (Å²) in [5.41, 5.74) is -0.873. The number of rotatable bonds is 2. The number of hydrogen-bond donors (Lipinski definition) is 1. The normalized spacial score (nSPS) is 11.4. The number of carbonyl (C=O) groups is 1. The Labute approximate surface area is 106 Å². The van der Waals surface area contributed by atoms with Crippen molar-refractivity contribution in [2.75, 3.05) is 7.11 Å². The van der Waals surface area contributed by atoms with Crippen molar-refractivity contribution in [3.05, 3.63) is 41.6 Å². The maximum Gasteiger partial charge on any atom is 0.417 e. The van der Waals surface area contributed by atoms with Crippen molar-refractivity contribution in [1.82, 2.24) is 10.2 Å². The van der Waals surface area contributed by atoms with Crippen molar-refractivity contribution in [1.29, 1.82) is 0 Å². The minimum absolute atomic E-state index is 0.00511. The summed E-state index contributed by atoms with van der Waals surface area (Å²) in [6.45, 7) is 0. The van der Waals surface area contributed by atoms with Gasteiger partial charge in [-0.25, -0.2) is 4.79 Å². The van der Waals surface area contributed by atoms with Crippen LogP contribution in [-0.2, 0) is 10.9 Å². The Morgan fingerprint density at radius 2 is 2.00 bits per heavy atom. The van der Waals surface area contributed by atoms with E-state index < -0.39 is 17.7 Å². The van der Waals surface area contributed by atoms with Crippen LogP contribution in [0.1, 0.15) is 16.1 Å². The summed E-state index contributed by atoms with van der Waals surface area (Å²) in [6, 6.07) is 6.23. The molecule has 0 aliphatic carbocycles. The van der Waals surface area contributed by atoms with Crippen molar-refractivity contribution in [3.8, 4) is 11.3 Å². The van der Waals surface area contributed by atoms with Gasteiger partial charge in [0.05, 0.1) is 18.4 Å². The second kappa shape index (κ2) is 4.75. The fourth-order valence-corrected chi connectivity index (χ4v) is 1.63. The van der Waals surface area contributed by atoms with Crippen molar-refractivity contribution in [2.45, 2.75) is 6.18 Å². The molecule has 0 atom stereocenters. The summed E-state index contributed by atoms with van der Waals surface area (Å²) in [6.07, 6.45) is -4.49. The van der Waals surface area contributed by atoms with Gasteiger partial charge in [0, 0.05) is 5.56 Å². The summed E-state index contributed by atoms with van der Waals surface area (Å²) in [5.74, 6) is -0.691. The quantitative estimate of drug-likeness (QED) is 0.854. The summed E-state index contributed by atoms with van der Waals surface area (Å²) < 4.78 is 43.0. The number of esters is 1. The minimum atomic E-state index is -4.49. The van der Waals surface area contributed by atoms with Gasteiger partial charge >= 0.3 is 12.1 Å². The Bertz CT molecular complexity index is 605. The number of nitrogens with one attached hydrogen (secondary N) is 1. The van der Waals surface area contributed by atoms with E-state index >= 15 is 0 Å². The van der Waals surface area contributed by atoms with Crippen LogP contribution in [0.15, 0.2) is 30.3 Å². The van der Waals surface area contributed by atoms with Gasteiger partial charge in [-0.2, -0.15) is 18.3 Å². The molecule has 1 heterocycles. The lowest BCUT2D eigenvalue weighted by Crippen LogP contribution is -2.06. The predicted molar refractivity (Wildman–Crippen MR) is 60.4 cm³/mol. The van der Waals surface area contributed by atoms with Crippen LogP contribution in [0.5, 0.6) is 0 Å². The highest BCUT2D eigenvalue weighted by Crippen LogP contribution is 2.36. The van der Waals surface area contributed by atoms with E-state index in [1.54, 1.807) is 0 Å². The lowest BCUT2D eigenvalue weighted by Gasteiger charge is -2.10. The molecular formula is C12H9F3N2O2. The lowest BCUT2D eigenvalue weighted by molar-refractivity contribution is -0.137. The highest BCUT2D eigenvalue weighted by Gasteiger charge is 2.34. The molecule has 0 spiro atoms. The molecule has 2 aromatic rings. The maximum absolute atomic E-state index is 12.8. The van der Waals surface area contributed by atoms with Crippen LogP contribution in [0.3, 0.4) is 0 Å². The van der Waals surface area contributed by atoms with Gasteiger partial charge < -0.3 is 4.74 Å². The molecule has 0 aliphatic heterocycles. The Kier molecular flexibility index (Phi) is 3.28. The van der Waals surface area contributed by atoms with Crippen LogP contribution in [0.2, 0.25) is 0 Å². The van der Waals surface area contributed by atoms with E-state index in [2.05, 4.69) is 14.9 Å². The largest absolute Gasteiger partial charge is 0.464 e. The lowest BCUT2D eigenvalue weighted by atomic mass is 10.0. The number of H-pyrrole nitrogens is 1. The molecule has 0 radical (unpaired) electrons. The van der Waals surface area contributed by atoms with Crippen molar-refractivity contribution in [3.63, 3.8) is 0 Å². The Morgan fingerprint density at radius 3 is 2.63 bits per heavy atom. The molecule has 1 N–H and O–H groups in total.